The number of rotatable bonds is 14. The molecule has 1 N–H and O–H groups in total. The van der Waals surface area contributed by atoms with Crippen LogP contribution in [0, 0.1) is 11.6 Å². The Hall–Kier alpha value is -6.06. The van der Waals surface area contributed by atoms with Crippen molar-refractivity contribution in [2.75, 3.05) is 38.2 Å². The molecule has 10 aromatic rings. The van der Waals surface area contributed by atoms with Crippen LogP contribution in [0.25, 0.3) is 51.9 Å². The van der Waals surface area contributed by atoms with Crippen LogP contribution in [0.1, 0.15) is 58.3 Å². The Kier molecular flexibility index (Phi) is 15.6. The maximum atomic E-state index is 15.3. The van der Waals surface area contributed by atoms with Gasteiger partial charge in [0.25, 0.3) is 5.91 Å². The van der Waals surface area contributed by atoms with Gasteiger partial charge < -0.3 is 15.0 Å². The molecule has 0 radical (unpaired) electrons. The Morgan fingerprint density at radius 2 is 1.27 bits per heavy atom. The summed E-state index contributed by atoms with van der Waals surface area (Å²) in [4.78, 5) is 74.1. The lowest BCUT2D eigenvalue weighted by Crippen LogP contribution is -2.34. The van der Waals surface area contributed by atoms with Crippen molar-refractivity contribution in [1.82, 2.24) is 39.0 Å². The van der Waals surface area contributed by atoms with Gasteiger partial charge in [-0.05, 0) is 100 Å². The average molecular weight is 1110 g/mol. The number of aromatic nitrogens is 6. The highest BCUT2D eigenvalue weighted by atomic mass is 35.5. The summed E-state index contributed by atoms with van der Waals surface area (Å²) >= 11 is 17.8. The number of fused-ring (bicyclic) bond motifs is 10. The van der Waals surface area contributed by atoms with Crippen LogP contribution in [0.3, 0.4) is 0 Å². The standard InChI is InChI=1S/C29H27ClFN5O2S2.C24H17ClFN3O3S2/c1-35-11-2-3-19(35)6-8-34-28(38)26-27(37)20-14-21(31)24(39-12-7-18-16-32-9-10-33-18)15-23(20)36-22-5-4-17(30)13-25(22)40-29(26)36;1-2-32-24(31)21-22(30)15-10-16(26)19(33-8-5-14-12-27-6-7-28-14)11-18(15)29-17-4-3-13(25)9-20(17)34-23(21)29/h4-5,9-10,13-16,19H,2-3,6-8,11-12H2,1H3,(H,34,38);3-4,6-7,9-12H,2,5,8H2,1H3. The van der Waals surface area contributed by atoms with Crippen LogP contribution in [0.2, 0.25) is 10.0 Å². The first-order valence-corrected chi connectivity index (χ1v) is 28.0. The zero-order valence-corrected chi connectivity index (χ0v) is 44.5. The fourth-order valence-electron chi connectivity index (χ4n) is 9.15. The number of likely N-dealkylation sites (tertiary alicyclic amines) is 1. The predicted molar refractivity (Wildman–Crippen MR) is 295 cm³/mol. The molecule has 0 saturated carbocycles. The molecule has 1 aliphatic rings. The normalized spacial score (nSPS) is 13.9. The first-order chi connectivity index (χ1) is 35.9. The zero-order chi connectivity index (χ0) is 51.6. The van der Waals surface area contributed by atoms with Crippen LogP contribution < -0.4 is 16.2 Å². The molecule has 0 spiro atoms. The molecule has 74 heavy (non-hydrogen) atoms. The molecule has 0 bridgehead atoms. The number of thiazole rings is 2. The van der Waals surface area contributed by atoms with Crippen molar-refractivity contribution in [3.05, 3.63) is 162 Å². The highest BCUT2D eigenvalue weighted by molar-refractivity contribution is 7.99. The summed E-state index contributed by atoms with van der Waals surface area (Å²) in [6.07, 6.45) is 14.2. The summed E-state index contributed by atoms with van der Waals surface area (Å²) in [5.41, 5.74) is 3.19. The van der Waals surface area contributed by atoms with E-state index in [-0.39, 0.29) is 28.5 Å². The van der Waals surface area contributed by atoms with Crippen LogP contribution in [-0.4, -0.2) is 89.8 Å². The second-order valence-corrected chi connectivity index (χ2v) is 22.6. The largest absolute Gasteiger partial charge is 0.462 e. The molecule has 0 aliphatic carbocycles. The third-order valence-electron chi connectivity index (χ3n) is 12.7. The quantitative estimate of drug-likeness (QED) is 0.0814. The van der Waals surface area contributed by atoms with Crippen molar-refractivity contribution < 1.29 is 23.1 Å². The maximum Gasteiger partial charge on any atom is 0.345 e. The lowest BCUT2D eigenvalue weighted by Gasteiger charge is -2.19. The predicted octanol–water partition coefficient (Wildman–Crippen LogP) is 11.6. The first kappa shape index (κ1) is 51.4. The molecule has 21 heteroatoms. The van der Waals surface area contributed by atoms with Gasteiger partial charge in [-0.2, -0.15) is 0 Å². The minimum absolute atomic E-state index is 0.0343. The minimum atomic E-state index is -0.729. The number of nitrogens with one attached hydrogen (secondary N) is 1. The smallest absolute Gasteiger partial charge is 0.345 e. The maximum absolute atomic E-state index is 15.3. The number of carbonyl (C=O) groups excluding carboxylic acids is 2. The number of amides is 1. The Morgan fingerprint density at radius 3 is 1.76 bits per heavy atom. The van der Waals surface area contributed by atoms with Gasteiger partial charge in [0, 0.05) is 99.3 Å². The molecule has 1 amide bonds. The highest BCUT2D eigenvalue weighted by Gasteiger charge is 2.27. The summed E-state index contributed by atoms with van der Waals surface area (Å²) in [6.45, 7) is 3.31. The Bertz CT molecular complexity index is 3920. The topological polar surface area (TPSA) is 153 Å². The van der Waals surface area contributed by atoms with Crippen molar-refractivity contribution in [1.29, 1.82) is 0 Å². The van der Waals surface area contributed by atoms with Crippen LogP contribution in [0.5, 0.6) is 0 Å². The number of halogens is 4. The number of thioether (sulfide) groups is 2. The van der Waals surface area contributed by atoms with Gasteiger partial charge in [-0.3, -0.25) is 43.1 Å². The summed E-state index contributed by atoms with van der Waals surface area (Å²) in [5.74, 6) is -1.01. The van der Waals surface area contributed by atoms with E-state index < -0.39 is 34.4 Å². The van der Waals surface area contributed by atoms with E-state index in [1.807, 2.05) is 27.0 Å². The second kappa shape index (κ2) is 22.4. The van der Waals surface area contributed by atoms with E-state index in [0.29, 0.717) is 77.5 Å². The number of aryl methyl sites for hydroxylation is 2. The zero-order valence-electron chi connectivity index (χ0n) is 39.7. The van der Waals surface area contributed by atoms with Crippen LogP contribution >= 0.6 is 69.4 Å². The molecular formula is C53H44Cl2F2N8O5S4. The molecule has 11 rings (SSSR count). The molecule has 1 fully saturated rings. The molecule has 378 valence electrons. The van der Waals surface area contributed by atoms with E-state index in [4.69, 9.17) is 27.9 Å². The molecule has 13 nitrogen and oxygen atoms in total. The third kappa shape index (κ3) is 10.5. The number of ether oxygens (including phenoxy) is 1. The van der Waals surface area contributed by atoms with E-state index in [0.717, 1.165) is 57.6 Å². The van der Waals surface area contributed by atoms with E-state index in [9.17, 15) is 19.2 Å². The van der Waals surface area contributed by atoms with Gasteiger partial charge in [0.1, 0.15) is 32.4 Å². The number of carbonyl (C=O) groups is 2. The van der Waals surface area contributed by atoms with Crippen LogP contribution in [0.15, 0.2) is 117 Å². The Labute approximate surface area is 447 Å². The van der Waals surface area contributed by atoms with Gasteiger partial charge in [-0.25, -0.2) is 13.6 Å². The van der Waals surface area contributed by atoms with E-state index in [1.165, 1.54) is 58.3 Å². The number of pyridine rings is 2. The van der Waals surface area contributed by atoms with Gasteiger partial charge in [-0.1, -0.05) is 23.2 Å². The molecule has 1 saturated heterocycles. The third-order valence-corrected chi connectivity index (χ3v) is 17.5. The van der Waals surface area contributed by atoms with Gasteiger partial charge in [0.05, 0.1) is 54.8 Å². The van der Waals surface area contributed by atoms with Crippen molar-refractivity contribution >= 4 is 133 Å². The highest BCUT2D eigenvalue weighted by Crippen LogP contribution is 2.37. The Balaban J connectivity index is 0.000000172. The van der Waals surface area contributed by atoms with Crippen molar-refractivity contribution in [3.8, 4) is 0 Å². The number of hydrogen-bond acceptors (Lipinski definition) is 14. The van der Waals surface area contributed by atoms with Gasteiger partial charge in [0.2, 0.25) is 10.9 Å². The molecule has 7 heterocycles. The van der Waals surface area contributed by atoms with Gasteiger partial charge in [-0.15, -0.1) is 46.2 Å². The molecule has 4 aromatic carbocycles. The van der Waals surface area contributed by atoms with Crippen LogP contribution in [-0.2, 0) is 17.6 Å². The summed E-state index contributed by atoms with van der Waals surface area (Å²) < 4.78 is 40.9. The first-order valence-electron chi connectivity index (χ1n) is 23.6. The SMILES string of the molecule is CCOC(=O)c1c(=O)c2cc(F)c(SCCc3cnccn3)cc2n2c1sc1cc(Cl)ccc12.CN1CCCC1CCNC(=O)c1c(=O)c2cc(F)c(SCCc3cnccn3)cc2n2c1sc1cc(Cl)ccc12. The fraction of sp³-hybridized carbons (Fsp3) is 0.245. The van der Waals surface area contributed by atoms with Crippen molar-refractivity contribution in [2.24, 2.45) is 0 Å². The summed E-state index contributed by atoms with van der Waals surface area (Å²) in [7, 11) is 2.10. The molecule has 1 unspecified atom stereocenters. The molecular weight excluding hydrogens is 1070 g/mol. The number of benzene rings is 4. The summed E-state index contributed by atoms with van der Waals surface area (Å²) in [6, 6.07) is 17.1. The molecule has 1 atom stereocenters. The summed E-state index contributed by atoms with van der Waals surface area (Å²) in [5, 5.41) is 4.35. The number of hydrogen-bond donors (Lipinski definition) is 1. The monoisotopic (exact) mass is 1110 g/mol. The van der Waals surface area contributed by atoms with Gasteiger partial charge >= 0.3 is 5.97 Å². The second-order valence-electron chi connectivity index (χ2n) is 17.3. The van der Waals surface area contributed by atoms with Crippen molar-refractivity contribution in [2.45, 2.75) is 54.9 Å². The van der Waals surface area contributed by atoms with Crippen LogP contribution in [0.4, 0.5) is 8.78 Å². The lowest BCUT2D eigenvalue weighted by molar-refractivity contribution is 0.0527. The van der Waals surface area contributed by atoms with E-state index in [1.54, 1.807) is 74.4 Å². The number of nitrogens with zero attached hydrogens (tertiary/aromatic N) is 7. The molecule has 1 aliphatic heterocycles. The lowest BCUT2D eigenvalue weighted by atomic mass is 10.1. The average Bonchev–Trinajstić information content (AvgIpc) is 4.14. The Morgan fingerprint density at radius 1 is 0.743 bits per heavy atom. The van der Waals surface area contributed by atoms with E-state index in [2.05, 4.69) is 37.2 Å². The molecule has 6 aromatic heterocycles. The minimum Gasteiger partial charge on any atom is -0.462 e. The van der Waals surface area contributed by atoms with E-state index >= 15 is 8.78 Å². The fourth-order valence-corrected chi connectivity index (χ4v) is 13.9. The van der Waals surface area contributed by atoms with Crippen molar-refractivity contribution in [3.63, 3.8) is 0 Å². The van der Waals surface area contributed by atoms with Gasteiger partial charge in [0.15, 0.2) is 0 Å². The number of esters is 1.